The van der Waals surface area contributed by atoms with Crippen LogP contribution in [0.3, 0.4) is 0 Å². The number of nitrogens with one attached hydrogen (secondary N) is 1. The van der Waals surface area contributed by atoms with Crippen LogP contribution in [0.25, 0.3) is 22.5 Å². The lowest BCUT2D eigenvalue weighted by molar-refractivity contribution is 0.628. The van der Waals surface area contributed by atoms with Gasteiger partial charge in [-0.3, -0.25) is 4.68 Å². The monoisotopic (exact) mass is 311 g/mol. The van der Waals surface area contributed by atoms with Crippen LogP contribution in [0.2, 0.25) is 0 Å². The summed E-state index contributed by atoms with van der Waals surface area (Å²) in [4.78, 5) is 8.78. The molecule has 0 unspecified atom stereocenters. The van der Waals surface area contributed by atoms with Gasteiger partial charge in [0.15, 0.2) is 0 Å². The Morgan fingerprint density at radius 3 is 2.57 bits per heavy atom. The first-order valence-electron chi connectivity index (χ1n) is 7.42. The van der Waals surface area contributed by atoms with Crippen molar-refractivity contribution in [2.24, 2.45) is 7.05 Å². The fraction of sp³-hybridized carbons (Fsp3) is 0.235. The van der Waals surface area contributed by atoms with Crippen LogP contribution in [0.1, 0.15) is 13.8 Å². The van der Waals surface area contributed by atoms with Crippen molar-refractivity contribution in [2.75, 3.05) is 5.32 Å². The molecule has 5 nitrogen and oxygen atoms in total. The quantitative estimate of drug-likeness (QED) is 0.801. The molecule has 0 atom stereocenters. The van der Waals surface area contributed by atoms with Crippen molar-refractivity contribution in [3.05, 3.63) is 48.5 Å². The molecule has 0 aliphatic rings. The zero-order valence-corrected chi connectivity index (χ0v) is 13.3. The van der Waals surface area contributed by atoms with Gasteiger partial charge in [0.05, 0.1) is 5.69 Å². The summed E-state index contributed by atoms with van der Waals surface area (Å²) < 4.78 is 14.9. The Bertz CT molecular complexity index is 808. The molecule has 2 heterocycles. The Morgan fingerprint density at radius 1 is 1.13 bits per heavy atom. The van der Waals surface area contributed by atoms with Gasteiger partial charge in [0.2, 0.25) is 5.95 Å². The number of rotatable bonds is 4. The Kier molecular flexibility index (Phi) is 4.06. The van der Waals surface area contributed by atoms with Gasteiger partial charge < -0.3 is 5.32 Å². The smallest absolute Gasteiger partial charge is 0.223 e. The molecule has 0 saturated carbocycles. The summed E-state index contributed by atoms with van der Waals surface area (Å²) in [5.74, 6) is 0.308. The van der Waals surface area contributed by atoms with Crippen molar-refractivity contribution in [3.8, 4) is 22.5 Å². The van der Waals surface area contributed by atoms with E-state index in [1.54, 1.807) is 23.0 Å². The minimum Gasteiger partial charge on any atom is -0.352 e. The predicted octanol–water partition coefficient (Wildman–Crippen LogP) is 3.50. The Morgan fingerprint density at radius 2 is 1.87 bits per heavy atom. The van der Waals surface area contributed by atoms with Crippen LogP contribution in [-0.2, 0) is 7.05 Å². The molecule has 0 saturated heterocycles. The average Bonchev–Trinajstić information content (AvgIpc) is 2.89. The third kappa shape index (κ3) is 3.36. The number of benzene rings is 1. The molecule has 0 aliphatic carbocycles. The lowest BCUT2D eigenvalue weighted by atomic mass is 10.1. The van der Waals surface area contributed by atoms with Crippen molar-refractivity contribution in [1.29, 1.82) is 0 Å². The van der Waals surface area contributed by atoms with Crippen molar-refractivity contribution in [1.82, 2.24) is 19.7 Å². The molecule has 118 valence electrons. The SMILES string of the molecule is CC(C)Nc1nccc(-c2cn(C)nc2-c2ccc(F)cc2)n1. The molecule has 0 bridgehead atoms. The number of aromatic nitrogens is 4. The number of anilines is 1. The van der Waals surface area contributed by atoms with E-state index in [0.717, 1.165) is 22.5 Å². The van der Waals surface area contributed by atoms with Crippen LogP contribution < -0.4 is 5.32 Å². The van der Waals surface area contributed by atoms with E-state index >= 15 is 0 Å². The number of aryl methyl sites for hydroxylation is 1. The number of nitrogens with zero attached hydrogens (tertiary/aromatic N) is 4. The maximum Gasteiger partial charge on any atom is 0.223 e. The van der Waals surface area contributed by atoms with Crippen LogP contribution >= 0.6 is 0 Å². The lowest BCUT2D eigenvalue weighted by Gasteiger charge is -2.09. The molecule has 23 heavy (non-hydrogen) atoms. The zero-order chi connectivity index (χ0) is 16.4. The zero-order valence-electron chi connectivity index (χ0n) is 13.3. The molecule has 1 N–H and O–H groups in total. The normalized spacial score (nSPS) is 11.0. The first-order chi connectivity index (χ1) is 11.0. The first-order valence-corrected chi connectivity index (χ1v) is 7.42. The summed E-state index contributed by atoms with van der Waals surface area (Å²) >= 11 is 0. The molecule has 3 aromatic rings. The molecule has 3 rings (SSSR count). The maximum atomic E-state index is 13.2. The predicted molar refractivity (Wildman–Crippen MR) is 88.4 cm³/mol. The molecule has 0 radical (unpaired) electrons. The van der Waals surface area contributed by atoms with E-state index in [0.29, 0.717) is 5.95 Å². The standard InChI is InChI=1S/C17H18FN5/c1-11(2)20-17-19-9-8-15(21-17)14-10-23(3)22-16(14)12-4-6-13(18)7-5-12/h4-11H,1-3H3,(H,19,20,21). The van der Waals surface area contributed by atoms with Crippen LogP contribution in [0.4, 0.5) is 10.3 Å². The van der Waals surface area contributed by atoms with E-state index in [1.165, 1.54) is 12.1 Å². The van der Waals surface area contributed by atoms with Crippen LogP contribution in [0.5, 0.6) is 0 Å². The summed E-state index contributed by atoms with van der Waals surface area (Å²) in [6.07, 6.45) is 3.62. The molecule has 0 amide bonds. The van der Waals surface area contributed by atoms with Gasteiger partial charge in [-0.05, 0) is 44.2 Å². The van der Waals surface area contributed by atoms with Crippen LogP contribution in [0.15, 0.2) is 42.7 Å². The van der Waals surface area contributed by atoms with E-state index in [-0.39, 0.29) is 11.9 Å². The summed E-state index contributed by atoms with van der Waals surface area (Å²) in [7, 11) is 1.85. The number of hydrogen-bond acceptors (Lipinski definition) is 4. The van der Waals surface area contributed by atoms with E-state index < -0.39 is 0 Å². The van der Waals surface area contributed by atoms with Crippen molar-refractivity contribution in [2.45, 2.75) is 19.9 Å². The largest absolute Gasteiger partial charge is 0.352 e. The fourth-order valence-corrected chi connectivity index (χ4v) is 2.33. The second kappa shape index (κ2) is 6.16. The number of halogens is 1. The highest BCUT2D eigenvalue weighted by atomic mass is 19.1. The summed E-state index contributed by atoms with van der Waals surface area (Å²) in [5, 5.41) is 7.68. The molecular weight excluding hydrogens is 293 g/mol. The highest BCUT2D eigenvalue weighted by Gasteiger charge is 2.14. The van der Waals surface area contributed by atoms with Crippen molar-refractivity contribution >= 4 is 5.95 Å². The minimum absolute atomic E-state index is 0.246. The summed E-state index contributed by atoms with van der Waals surface area (Å²) in [6.45, 7) is 4.06. The second-order valence-electron chi connectivity index (χ2n) is 5.64. The van der Waals surface area contributed by atoms with E-state index in [1.807, 2.05) is 33.2 Å². The topological polar surface area (TPSA) is 55.6 Å². The van der Waals surface area contributed by atoms with Crippen molar-refractivity contribution < 1.29 is 4.39 Å². The van der Waals surface area contributed by atoms with Crippen LogP contribution in [-0.4, -0.2) is 25.8 Å². The Balaban J connectivity index is 2.05. The van der Waals surface area contributed by atoms with Gasteiger partial charge >= 0.3 is 0 Å². The lowest BCUT2D eigenvalue weighted by Crippen LogP contribution is -2.12. The van der Waals surface area contributed by atoms with E-state index in [2.05, 4.69) is 20.4 Å². The summed E-state index contributed by atoms with van der Waals surface area (Å²) in [6, 6.07) is 8.38. The van der Waals surface area contributed by atoms with Crippen molar-refractivity contribution in [3.63, 3.8) is 0 Å². The van der Waals surface area contributed by atoms with Gasteiger partial charge in [0, 0.05) is 36.6 Å². The Labute approximate surface area is 134 Å². The second-order valence-corrected chi connectivity index (χ2v) is 5.64. The molecule has 0 fully saturated rings. The van der Waals surface area contributed by atoms with Crippen LogP contribution in [0, 0.1) is 5.82 Å². The molecule has 6 heteroatoms. The van der Waals surface area contributed by atoms with Gasteiger partial charge in [0.1, 0.15) is 11.5 Å². The molecule has 0 spiro atoms. The third-order valence-corrected chi connectivity index (χ3v) is 3.30. The molecule has 1 aromatic carbocycles. The molecule has 0 aliphatic heterocycles. The highest BCUT2D eigenvalue weighted by molar-refractivity contribution is 5.78. The average molecular weight is 311 g/mol. The maximum absolute atomic E-state index is 13.2. The van der Waals surface area contributed by atoms with Gasteiger partial charge in [-0.15, -0.1) is 0 Å². The summed E-state index contributed by atoms with van der Waals surface area (Å²) in [5.41, 5.74) is 3.27. The third-order valence-electron chi connectivity index (χ3n) is 3.30. The van der Waals surface area contributed by atoms with Gasteiger partial charge in [0.25, 0.3) is 0 Å². The van der Waals surface area contributed by atoms with Gasteiger partial charge in [-0.2, -0.15) is 5.10 Å². The highest BCUT2D eigenvalue weighted by Crippen LogP contribution is 2.30. The minimum atomic E-state index is -0.267. The van der Waals surface area contributed by atoms with E-state index in [4.69, 9.17) is 0 Å². The number of hydrogen-bond donors (Lipinski definition) is 1. The van der Waals surface area contributed by atoms with Gasteiger partial charge in [-0.1, -0.05) is 0 Å². The molecule has 2 aromatic heterocycles. The first kappa shape index (κ1) is 15.1. The fourth-order valence-electron chi connectivity index (χ4n) is 2.33. The van der Waals surface area contributed by atoms with Gasteiger partial charge in [-0.25, -0.2) is 14.4 Å². The van der Waals surface area contributed by atoms with E-state index in [9.17, 15) is 4.39 Å². The Hall–Kier alpha value is -2.76. The molecular formula is C17H18FN5.